The molecule has 1 aliphatic heterocycles. The Morgan fingerprint density at radius 1 is 1.14 bits per heavy atom. The fraction of sp³-hybridized carbons (Fsp3) is 0.235. The highest BCUT2D eigenvalue weighted by molar-refractivity contribution is 5.95. The first-order valence-electron chi connectivity index (χ1n) is 6.91. The molecule has 0 fully saturated rings. The van der Waals surface area contributed by atoms with Gasteiger partial charge in [0.25, 0.3) is 5.91 Å². The largest absolute Gasteiger partial charge is 0.454 e. The Bertz CT molecular complexity index is 681. The number of ether oxygens (including phenoxy) is 2. The van der Waals surface area contributed by atoms with E-state index in [0.29, 0.717) is 5.56 Å². The third-order valence-corrected chi connectivity index (χ3v) is 3.63. The minimum absolute atomic E-state index is 0.0710. The molecular formula is C17H17NO3. The van der Waals surface area contributed by atoms with E-state index in [1.165, 1.54) is 0 Å². The SMILES string of the molecule is Cc1ccccc1C(=O)NC(C)c1ccc2c(c1)OCO2. The normalized spacial score (nSPS) is 13.8. The molecule has 3 rings (SSSR count). The Morgan fingerprint density at radius 3 is 2.71 bits per heavy atom. The first-order chi connectivity index (χ1) is 10.1. The molecule has 1 heterocycles. The van der Waals surface area contributed by atoms with E-state index in [9.17, 15) is 4.79 Å². The smallest absolute Gasteiger partial charge is 0.252 e. The van der Waals surface area contributed by atoms with Crippen molar-refractivity contribution in [3.8, 4) is 11.5 Å². The Kier molecular flexibility index (Phi) is 3.52. The molecular weight excluding hydrogens is 266 g/mol. The summed E-state index contributed by atoms with van der Waals surface area (Å²) in [4.78, 5) is 12.3. The van der Waals surface area contributed by atoms with E-state index in [1.54, 1.807) is 0 Å². The lowest BCUT2D eigenvalue weighted by Gasteiger charge is -2.15. The van der Waals surface area contributed by atoms with Gasteiger partial charge in [0.15, 0.2) is 11.5 Å². The van der Waals surface area contributed by atoms with Gasteiger partial charge in [-0.3, -0.25) is 4.79 Å². The van der Waals surface area contributed by atoms with Crippen molar-refractivity contribution < 1.29 is 14.3 Å². The quantitative estimate of drug-likeness (QED) is 0.941. The first kappa shape index (κ1) is 13.5. The summed E-state index contributed by atoms with van der Waals surface area (Å²) in [5.41, 5.74) is 2.65. The van der Waals surface area contributed by atoms with Crippen molar-refractivity contribution in [2.24, 2.45) is 0 Å². The highest BCUT2D eigenvalue weighted by Gasteiger charge is 2.17. The van der Waals surface area contributed by atoms with Gasteiger partial charge >= 0.3 is 0 Å². The predicted octanol–water partition coefficient (Wildman–Crippen LogP) is 3.21. The number of benzene rings is 2. The molecule has 1 N–H and O–H groups in total. The number of rotatable bonds is 3. The van der Waals surface area contributed by atoms with Gasteiger partial charge in [0.1, 0.15) is 0 Å². The molecule has 2 aromatic rings. The molecule has 21 heavy (non-hydrogen) atoms. The monoisotopic (exact) mass is 283 g/mol. The van der Waals surface area contributed by atoms with Crippen molar-refractivity contribution in [2.75, 3.05) is 6.79 Å². The molecule has 0 spiro atoms. The number of fused-ring (bicyclic) bond motifs is 1. The molecule has 0 aromatic heterocycles. The lowest BCUT2D eigenvalue weighted by Crippen LogP contribution is -2.27. The van der Waals surface area contributed by atoms with Gasteiger partial charge in [0, 0.05) is 5.56 Å². The second-order valence-electron chi connectivity index (χ2n) is 5.12. The Hall–Kier alpha value is -2.49. The van der Waals surface area contributed by atoms with E-state index in [2.05, 4.69) is 5.32 Å². The second kappa shape index (κ2) is 5.48. The molecule has 2 aromatic carbocycles. The molecule has 108 valence electrons. The van der Waals surface area contributed by atoms with Crippen LogP contribution >= 0.6 is 0 Å². The molecule has 0 aliphatic carbocycles. The van der Waals surface area contributed by atoms with E-state index in [4.69, 9.17) is 9.47 Å². The zero-order valence-electron chi connectivity index (χ0n) is 12.1. The van der Waals surface area contributed by atoms with Crippen LogP contribution < -0.4 is 14.8 Å². The van der Waals surface area contributed by atoms with Crippen LogP contribution in [0.15, 0.2) is 42.5 Å². The highest BCUT2D eigenvalue weighted by atomic mass is 16.7. The lowest BCUT2D eigenvalue weighted by atomic mass is 10.1. The van der Waals surface area contributed by atoms with E-state index in [-0.39, 0.29) is 18.7 Å². The summed E-state index contributed by atoms with van der Waals surface area (Å²) in [6, 6.07) is 13.2. The van der Waals surface area contributed by atoms with Crippen LogP contribution in [0.2, 0.25) is 0 Å². The Labute approximate surface area is 123 Å². The van der Waals surface area contributed by atoms with Crippen molar-refractivity contribution in [3.63, 3.8) is 0 Å². The average molecular weight is 283 g/mol. The van der Waals surface area contributed by atoms with Crippen LogP contribution in [-0.2, 0) is 0 Å². The number of amides is 1. The van der Waals surface area contributed by atoms with Crippen molar-refractivity contribution in [2.45, 2.75) is 19.9 Å². The molecule has 1 amide bonds. The molecule has 1 atom stereocenters. The van der Waals surface area contributed by atoms with E-state index >= 15 is 0 Å². The van der Waals surface area contributed by atoms with Gasteiger partial charge in [-0.1, -0.05) is 24.3 Å². The first-order valence-corrected chi connectivity index (χ1v) is 6.91. The van der Waals surface area contributed by atoms with Crippen LogP contribution in [0.4, 0.5) is 0 Å². The molecule has 0 bridgehead atoms. The summed E-state index contributed by atoms with van der Waals surface area (Å²) in [6.07, 6.45) is 0. The van der Waals surface area contributed by atoms with Crippen LogP contribution in [0.25, 0.3) is 0 Å². The topological polar surface area (TPSA) is 47.6 Å². The predicted molar refractivity (Wildman–Crippen MR) is 79.6 cm³/mol. The zero-order valence-corrected chi connectivity index (χ0v) is 12.1. The van der Waals surface area contributed by atoms with Crippen LogP contribution in [0.1, 0.15) is 34.5 Å². The Morgan fingerprint density at radius 2 is 1.90 bits per heavy atom. The van der Waals surface area contributed by atoms with Crippen molar-refractivity contribution in [3.05, 3.63) is 59.2 Å². The standard InChI is InChI=1S/C17H17NO3/c1-11-5-3-4-6-14(11)17(19)18-12(2)13-7-8-15-16(9-13)21-10-20-15/h3-9,12H,10H2,1-2H3,(H,18,19). The average Bonchev–Trinajstić information content (AvgIpc) is 2.94. The second-order valence-corrected chi connectivity index (χ2v) is 5.12. The third-order valence-electron chi connectivity index (χ3n) is 3.63. The van der Waals surface area contributed by atoms with Gasteiger partial charge in [-0.05, 0) is 43.2 Å². The molecule has 0 saturated carbocycles. The fourth-order valence-electron chi connectivity index (χ4n) is 2.37. The van der Waals surface area contributed by atoms with Crippen molar-refractivity contribution in [1.82, 2.24) is 5.32 Å². The maximum atomic E-state index is 12.3. The summed E-state index contributed by atoms with van der Waals surface area (Å²) in [5.74, 6) is 1.40. The molecule has 1 unspecified atom stereocenters. The van der Waals surface area contributed by atoms with Crippen molar-refractivity contribution >= 4 is 5.91 Å². The summed E-state index contributed by atoms with van der Waals surface area (Å²) in [7, 11) is 0. The summed E-state index contributed by atoms with van der Waals surface area (Å²) < 4.78 is 10.7. The summed E-state index contributed by atoms with van der Waals surface area (Å²) >= 11 is 0. The van der Waals surface area contributed by atoms with Crippen LogP contribution in [-0.4, -0.2) is 12.7 Å². The van der Waals surface area contributed by atoms with Crippen molar-refractivity contribution in [1.29, 1.82) is 0 Å². The van der Waals surface area contributed by atoms with Crippen LogP contribution in [0, 0.1) is 6.92 Å². The summed E-state index contributed by atoms with van der Waals surface area (Å²) in [5, 5.41) is 3.01. The molecule has 0 saturated heterocycles. The minimum atomic E-state index is -0.105. The van der Waals surface area contributed by atoms with Crippen LogP contribution in [0.5, 0.6) is 11.5 Å². The zero-order chi connectivity index (χ0) is 14.8. The lowest BCUT2D eigenvalue weighted by molar-refractivity contribution is 0.0939. The molecule has 4 heteroatoms. The maximum Gasteiger partial charge on any atom is 0.252 e. The summed E-state index contributed by atoms with van der Waals surface area (Å²) in [6.45, 7) is 4.14. The number of carbonyl (C=O) groups is 1. The van der Waals surface area contributed by atoms with Crippen LogP contribution in [0.3, 0.4) is 0 Å². The number of aryl methyl sites for hydroxylation is 1. The number of nitrogens with one attached hydrogen (secondary N) is 1. The number of hydrogen-bond donors (Lipinski definition) is 1. The highest BCUT2D eigenvalue weighted by Crippen LogP contribution is 2.34. The van der Waals surface area contributed by atoms with E-state index in [0.717, 1.165) is 22.6 Å². The number of hydrogen-bond acceptors (Lipinski definition) is 3. The molecule has 1 aliphatic rings. The van der Waals surface area contributed by atoms with E-state index in [1.807, 2.05) is 56.3 Å². The third kappa shape index (κ3) is 2.70. The van der Waals surface area contributed by atoms with Gasteiger partial charge in [0.2, 0.25) is 6.79 Å². The van der Waals surface area contributed by atoms with Gasteiger partial charge in [0.05, 0.1) is 6.04 Å². The Balaban J connectivity index is 1.76. The van der Waals surface area contributed by atoms with Gasteiger partial charge in [-0.15, -0.1) is 0 Å². The minimum Gasteiger partial charge on any atom is -0.454 e. The van der Waals surface area contributed by atoms with Gasteiger partial charge < -0.3 is 14.8 Å². The van der Waals surface area contributed by atoms with E-state index < -0.39 is 0 Å². The molecule has 4 nitrogen and oxygen atoms in total. The van der Waals surface area contributed by atoms with Gasteiger partial charge in [-0.2, -0.15) is 0 Å². The molecule has 0 radical (unpaired) electrons. The fourth-order valence-corrected chi connectivity index (χ4v) is 2.37. The van der Waals surface area contributed by atoms with Gasteiger partial charge in [-0.25, -0.2) is 0 Å². The number of carbonyl (C=O) groups excluding carboxylic acids is 1. The maximum absolute atomic E-state index is 12.3.